The van der Waals surface area contributed by atoms with E-state index >= 15 is 0 Å². The quantitative estimate of drug-likeness (QED) is 0.391. The number of carbonyl (C=O) groups is 1. The first-order valence-corrected chi connectivity index (χ1v) is 12.8. The number of hydrogen-bond acceptors (Lipinski definition) is 10. The standard InChI is InChI=1S/C24H29N5O6S/c1-15(34-4)13-35-18-8-23(29-24(9-18)36(5,31)32)28-21-10-22(27-16(2)30)26-12-19(21)20-7-6-17(11-25-20)14-33-3/h6-12,15H,13-14H2,1-5H3,(H2,26,27,28,29,30). The average Bonchev–Trinajstić information content (AvgIpc) is 2.82. The van der Waals surface area contributed by atoms with Gasteiger partial charge in [-0.15, -0.1) is 0 Å². The minimum atomic E-state index is -3.64. The fourth-order valence-corrected chi connectivity index (χ4v) is 3.68. The maximum atomic E-state index is 12.3. The molecule has 2 N–H and O–H groups in total. The summed E-state index contributed by atoms with van der Waals surface area (Å²) in [4.78, 5) is 24.6. The minimum Gasteiger partial charge on any atom is -0.491 e. The molecule has 1 atom stereocenters. The van der Waals surface area contributed by atoms with Crippen LogP contribution in [0.3, 0.4) is 0 Å². The van der Waals surface area contributed by atoms with Crippen LogP contribution >= 0.6 is 0 Å². The molecule has 36 heavy (non-hydrogen) atoms. The topological polar surface area (TPSA) is 142 Å². The number of pyridine rings is 3. The van der Waals surface area contributed by atoms with Gasteiger partial charge in [0.2, 0.25) is 5.91 Å². The summed E-state index contributed by atoms with van der Waals surface area (Å²) < 4.78 is 40.6. The number of aromatic nitrogens is 3. The van der Waals surface area contributed by atoms with Crippen LogP contribution in [-0.2, 0) is 30.7 Å². The summed E-state index contributed by atoms with van der Waals surface area (Å²) in [5.74, 6) is 0.532. The van der Waals surface area contributed by atoms with Gasteiger partial charge < -0.3 is 24.8 Å². The molecular formula is C24H29N5O6S. The molecule has 1 amide bonds. The second-order valence-electron chi connectivity index (χ2n) is 8.06. The number of nitrogens with zero attached hydrogens (tertiary/aromatic N) is 3. The first kappa shape index (κ1) is 27.0. The highest BCUT2D eigenvalue weighted by Crippen LogP contribution is 2.32. The molecule has 192 valence electrons. The molecule has 3 rings (SSSR count). The molecule has 0 spiro atoms. The number of amides is 1. The van der Waals surface area contributed by atoms with Crippen LogP contribution in [0.15, 0.2) is 47.8 Å². The smallest absolute Gasteiger partial charge is 0.222 e. The lowest BCUT2D eigenvalue weighted by atomic mass is 10.1. The molecule has 0 aliphatic heterocycles. The van der Waals surface area contributed by atoms with Gasteiger partial charge in [-0.2, -0.15) is 0 Å². The average molecular weight is 516 g/mol. The SMILES string of the molecule is COCc1ccc(-c2cnc(NC(C)=O)cc2Nc2cc(OCC(C)OC)cc(S(C)(=O)=O)n2)nc1. The lowest BCUT2D eigenvalue weighted by molar-refractivity contribution is -0.114. The van der Waals surface area contributed by atoms with E-state index in [2.05, 4.69) is 25.6 Å². The predicted molar refractivity (Wildman–Crippen MR) is 135 cm³/mol. The van der Waals surface area contributed by atoms with Crippen LogP contribution in [0.25, 0.3) is 11.3 Å². The first-order valence-electron chi connectivity index (χ1n) is 11.0. The van der Waals surface area contributed by atoms with Crippen molar-refractivity contribution in [3.05, 3.63) is 48.3 Å². The van der Waals surface area contributed by atoms with Gasteiger partial charge in [0.25, 0.3) is 0 Å². The summed E-state index contributed by atoms with van der Waals surface area (Å²) in [5.41, 5.74) is 2.60. The third-order valence-electron chi connectivity index (χ3n) is 4.92. The van der Waals surface area contributed by atoms with Crippen molar-refractivity contribution in [2.75, 3.05) is 37.7 Å². The van der Waals surface area contributed by atoms with Crippen molar-refractivity contribution >= 4 is 33.1 Å². The Morgan fingerprint density at radius 3 is 2.47 bits per heavy atom. The normalized spacial score (nSPS) is 12.1. The predicted octanol–water partition coefficient (Wildman–Crippen LogP) is 3.20. The Kier molecular flexibility index (Phi) is 8.91. The Bertz CT molecular complexity index is 1320. The molecule has 0 saturated carbocycles. The molecule has 0 aliphatic carbocycles. The summed E-state index contributed by atoms with van der Waals surface area (Å²) in [5, 5.41) is 5.62. The highest BCUT2D eigenvalue weighted by molar-refractivity contribution is 7.90. The zero-order valence-electron chi connectivity index (χ0n) is 20.7. The summed E-state index contributed by atoms with van der Waals surface area (Å²) in [6.45, 7) is 3.84. The highest BCUT2D eigenvalue weighted by atomic mass is 32.2. The van der Waals surface area contributed by atoms with E-state index in [1.807, 2.05) is 19.1 Å². The maximum Gasteiger partial charge on any atom is 0.222 e. The molecule has 12 heteroatoms. The van der Waals surface area contributed by atoms with Gasteiger partial charge >= 0.3 is 0 Å². The third kappa shape index (κ3) is 7.44. The Morgan fingerprint density at radius 2 is 1.86 bits per heavy atom. The van der Waals surface area contributed by atoms with E-state index in [0.717, 1.165) is 11.8 Å². The van der Waals surface area contributed by atoms with Crippen molar-refractivity contribution < 1.29 is 27.4 Å². The van der Waals surface area contributed by atoms with Gasteiger partial charge in [0.15, 0.2) is 14.9 Å². The van der Waals surface area contributed by atoms with Crippen molar-refractivity contribution in [3.8, 4) is 17.0 Å². The number of nitrogens with one attached hydrogen (secondary N) is 2. The zero-order chi connectivity index (χ0) is 26.3. The van der Waals surface area contributed by atoms with Gasteiger partial charge in [-0.1, -0.05) is 6.07 Å². The second kappa shape index (κ2) is 11.9. The molecule has 0 saturated heterocycles. The fraction of sp³-hybridized carbons (Fsp3) is 0.333. The fourth-order valence-electron chi connectivity index (χ4n) is 3.09. The number of methoxy groups -OCH3 is 2. The van der Waals surface area contributed by atoms with Gasteiger partial charge in [-0.05, 0) is 18.6 Å². The largest absolute Gasteiger partial charge is 0.491 e. The monoisotopic (exact) mass is 515 g/mol. The Balaban J connectivity index is 2.05. The number of hydrogen-bond donors (Lipinski definition) is 2. The number of anilines is 3. The van der Waals surface area contributed by atoms with E-state index in [-0.39, 0.29) is 29.5 Å². The Morgan fingerprint density at radius 1 is 1.08 bits per heavy atom. The molecule has 3 aromatic rings. The lowest BCUT2D eigenvalue weighted by Gasteiger charge is -2.16. The number of carbonyl (C=O) groups excluding carboxylic acids is 1. The van der Waals surface area contributed by atoms with Gasteiger partial charge in [-0.25, -0.2) is 18.4 Å². The molecular weight excluding hydrogens is 486 g/mol. The molecule has 3 heterocycles. The van der Waals surface area contributed by atoms with Crippen molar-refractivity contribution in [3.63, 3.8) is 0 Å². The van der Waals surface area contributed by atoms with Gasteiger partial charge in [0.1, 0.15) is 24.0 Å². The van der Waals surface area contributed by atoms with Crippen LogP contribution in [-0.4, -0.2) is 62.5 Å². The third-order valence-corrected chi connectivity index (χ3v) is 5.89. The van der Waals surface area contributed by atoms with Gasteiger partial charge in [0.05, 0.1) is 24.1 Å². The molecule has 0 radical (unpaired) electrons. The number of sulfone groups is 1. The Hall–Kier alpha value is -3.61. The molecule has 0 aliphatic rings. The summed E-state index contributed by atoms with van der Waals surface area (Å²) >= 11 is 0. The van der Waals surface area contributed by atoms with Crippen LogP contribution < -0.4 is 15.4 Å². The van der Waals surface area contributed by atoms with Crippen molar-refractivity contribution in [2.24, 2.45) is 0 Å². The van der Waals surface area contributed by atoms with Crippen LogP contribution in [0, 0.1) is 0 Å². The maximum absolute atomic E-state index is 12.3. The lowest BCUT2D eigenvalue weighted by Crippen LogP contribution is -2.16. The van der Waals surface area contributed by atoms with E-state index in [1.54, 1.807) is 38.7 Å². The molecule has 0 fully saturated rings. The van der Waals surface area contributed by atoms with E-state index in [0.29, 0.717) is 35.1 Å². The van der Waals surface area contributed by atoms with E-state index in [1.165, 1.54) is 13.0 Å². The van der Waals surface area contributed by atoms with Crippen LogP contribution in [0.1, 0.15) is 19.4 Å². The van der Waals surface area contributed by atoms with Crippen molar-refractivity contribution in [1.82, 2.24) is 15.0 Å². The highest BCUT2D eigenvalue weighted by Gasteiger charge is 2.16. The van der Waals surface area contributed by atoms with Crippen LogP contribution in [0.2, 0.25) is 0 Å². The first-order chi connectivity index (χ1) is 17.1. The second-order valence-corrected chi connectivity index (χ2v) is 10.0. The van der Waals surface area contributed by atoms with Gasteiger partial charge in [0, 0.05) is 63.6 Å². The van der Waals surface area contributed by atoms with E-state index in [4.69, 9.17) is 14.2 Å². The minimum absolute atomic E-state index is 0.160. The van der Waals surface area contributed by atoms with Crippen LogP contribution in [0.4, 0.5) is 17.3 Å². The van der Waals surface area contributed by atoms with Crippen molar-refractivity contribution in [2.45, 2.75) is 31.6 Å². The van der Waals surface area contributed by atoms with Gasteiger partial charge in [-0.3, -0.25) is 9.78 Å². The van der Waals surface area contributed by atoms with Crippen molar-refractivity contribution in [1.29, 1.82) is 0 Å². The summed E-state index contributed by atoms with van der Waals surface area (Å²) in [7, 11) is -0.475. The molecule has 3 aromatic heterocycles. The zero-order valence-corrected chi connectivity index (χ0v) is 21.5. The summed E-state index contributed by atoms with van der Waals surface area (Å²) in [6.07, 6.45) is 4.12. The summed E-state index contributed by atoms with van der Waals surface area (Å²) in [6, 6.07) is 8.24. The Labute approximate surface area is 210 Å². The molecule has 0 bridgehead atoms. The molecule has 11 nitrogen and oxygen atoms in total. The number of rotatable bonds is 11. The number of ether oxygens (including phenoxy) is 3. The van der Waals surface area contributed by atoms with Crippen LogP contribution in [0.5, 0.6) is 5.75 Å². The molecule has 1 unspecified atom stereocenters. The van der Waals surface area contributed by atoms with E-state index in [9.17, 15) is 13.2 Å². The van der Waals surface area contributed by atoms with E-state index < -0.39 is 9.84 Å². The molecule has 0 aromatic carbocycles.